The molecule has 1 rings (SSSR count). The van der Waals surface area contributed by atoms with E-state index in [9.17, 15) is 4.79 Å². The third-order valence-electron chi connectivity index (χ3n) is 1.97. The summed E-state index contributed by atoms with van der Waals surface area (Å²) in [5.74, 6) is -0.0256. The van der Waals surface area contributed by atoms with Crippen molar-refractivity contribution in [3.05, 3.63) is 42.5 Å². The van der Waals surface area contributed by atoms with Gasteiger partial charge in [-0.25, -0.2) is 4.79 Å². The fourth-order valence-electron chi connectivity index (χ4n) is 1.22. The number of carbonyl (C=O) groups is 1. The summed E-state index contributed by atoms with van der Waals surface area (Å²) >= 11 is 0. The van der Waals surface area contributed by atoms with Crippen LogP contribution >= 0.6 is 0 Å². The van der Waals surface area contributed by atoms with E-state index in [2.05, 4.69) is 6.58 Å². The molecule has 1 aromatic rings. The number of esters is 1. The SMILES string of the molecule is C=CC(=O)Oc1ccc(C(OC)OC)cc1. The van der Waals surface area contributed by atoms with E-state index < -0.39 is 12.3 Å². The zero-order valence-electron chi connectivity index (χ0n) is 9.30. The average molecular weight is 222 g/mol. The quantitative estimate of drug-likeness (QED) is 0.331. The normalized spacial score (nSPS) is 10.2. The number of hydrogen-bond donors (Lipinski definition) is 0. The molecule has 4 nitrogen and oxygen atoms in total. The molecule has 0 bridgehead atoms. The first-order chi connectivity index (χ1) is 7.71. The van der Waals surface area contributed by atoms with Crippen molar-refractivity contribution >= 4 is 5.97 Å². The molecule has 0 amide bonds. The van der Waals surface area contributed by atoms with Crippen LogP contribution in [0.25, 0.3) is 0 Å². The lowest BCUT2D eigenvalue weighted by Crippen LogP contribution is -2.05. The summed E-state index contributed by atoms with van der Waals surface area (Å²) in [4.78, 5) is 10.9. The molecule has 0 heterocycles. The van der Waals surface area contributed by atoms with Gasteiger partial charge in [-0.3, -0.25) is 0 Å². The van der Waals surface area contributed by atoms with Gasteiger partial charge >= 0.3 is 5.97 Å². The Bertz CT molecular complexity index is 352. The Hall–Kier alpha value is -1.65. The van der Waals surface area contributed by atoms with E-state index in [4.69, 9.17) is 14.2 Å². The minimum atomic E-state index is -0.484. The highest BCUT2D eigenvalue weighted by Crippen LogP contribution is 2.20. The van der Waals surface area contributed by atoms with Crippen LogP contribution in [-0.4, -0.2) is 20.2 Å². The zero-order chi connectivity index (χ0) is 12.0. The summed E-state index contributed by atoms with van der Waals surface area (Å²) in [5, 5.41) is 0. The maximum absolute atomic E-state index is 10.9. The highest BCUT2D eigenvalue weighted by molar-refractivity contribution is 5.83. The third kappa shape index (κ3) is 3.18. The van der Waals surface area contributed by atoms with Gasteiger partial charge in [-0.05, 0) is 12.1 Å². The lowest BCUT2D eigenvalue weighted by molar-refractivity contribution is -0.128. The first-order valence-corrected chi connectivity index (χ1v) is 4.71. The van der Waals surface area contributed by atoms with Crippen molar-refractivity contribution in [3.8, 4) is 5.75 Å². The van der Waals surface area contributed by atoms with Gasteiger partial charge in [-0.1, -0.05) is 18.7 Å². The lowest BCUT2D eigenvalue weighted by Gasteiger charge is -2.13. The molecule has 16 heavy (non-hydrogen) atoms. The molecular weight excluding hydrogens is 208 g/mol. The standard InChI is InChI=1S/C12H14O4/c1-4-11(13)16-10-7-5-9(6-8-10)12(14-2)15-3/h4-8,12H,1H2,2-3H3. The molecule has 0 N–H and O–H groups in total. The van der Waals surface area contributed by atoms with Gasteiger partial charge < -0.3 is 14.2 Å². The molecule has 0 unspecified atom stereocenters. The monoisotopic (exact) mass is 222 g/mol. The molecule has 0 aliphatic heterocycles. The van der Waals surface area contributed by atoms with E-state index in [1.807, 2.05) is 0 Å². The molecule has 0 spiro atoms. The largest absolute Gasteiger partial charge is 0.423 e. The average Bonchev–Trinajstić information content (AvgIpc) is 2.32. The molecule has 0 aromatic heterocycles. The second kappa shape index (κ2) is 6.05. The van der Waals surface area contributed by atoms with Crippen LogP contribution < -0.4 is 4.74 Å². The number of methoxy groups -OCH3 is 2. The molecule has 0 saturated heterocycles. The molecule has 0 radical (unpaired) electrons. The van der Waals surface area contributed by atoms with Gasteiger partial charge in [-0.2, -0.15) is 0 Å². The molecule has 86 valence electrons. The molecule has 0 fully saturated rings. The number of hydrogen-bond acceptors (Lipinski definition) is 4. The zero-order valence-corrected chi connectivity index (χ0v) is 9.30. The van der Waals surface area contributed by atoms with E-state index in [0.717, 1.165) is 11.6 Å². The number of carbonyl (C=O) groups excluding carboxylic acids is 1. The Morgan fingerprint density at radius 1 is 1.25 bits per heavy atom. The van der Waals surface area contributed by atoms with Gasteiger partial charge in [-0.15, -0.1) is 0 Å². The van der Waals surface area contributed by atoms with Gasteiger partial charge in [0.05, 0.1) is 0 Å². The third-order valence-corrected chi connectivity index (χ3v) is 1.97. The van der Waals surface area contributed by atoms with Crippen LogP contribution in [0.2, 0.25) is 0 Å². The molecule has 1 aromatic carbocycles. The van der Waals surface area contributed by atoms with E-state index in [1.165, 1.54) is 0 Å². The van der Waals surface area contributed by atoms with Crippen molar-refractivity contribution in [2.24, 2.45) is 0 Å². The Morgan fingerprint density at radius 3 is 2.25 bits per heavy atom. The predicted molar refractivity (Wildman–Crippen MR) is 59.0 cm³/mol. The van der Waals surface area contributed by atoms with E-state index in [1.54, 1.807) is 38.5 Å². The summed E-state index contributed by atoms with van der Waals surface area (Å²) in [5.41, 5.74) is 0.850. The molecule has 0 saturated carbocycles. The van der Waals surface area contributed by atoms with Crippen molar-refractivity contribution in [2.75, 3.05) is 14.2 Å². The highest BCUT2D eigenvalue weighted by Gasteiger charge is 2.08. The molecule has 0 aliphatic carbocycles. The molecular formula is C12H14O4. The summed E-state index contributed by atoms with van der Waals surface area (Å²) in [6.45, 7) is 3.31. The number of rotatable bonds is 5. The lowest BCUT2D eigenvalue weighted by atomic mass is 10.2. The van der Waals surface area contributed by atoms with Crippen molar-refractivity contribution in [2.45, 2.75) is 6.29 Å². The molecule has 4 heteroatoms. The maximum Gasteiger partial charge on any atom is 0.335 e. The van der Waals surface area contributed by atoms with Crippen LogP contribution in [0.4, 0.5) is 0 Å². The van der Waals surface area contributed by atoms with Crippen LogP contribution in [-0.2, 0) is 14.3 Å². The van der Waals surface area contributed by atoms with Crippen molar-refractivity contribution in [3.63, 3.8) is 0 Å². The fourth-order valence-corrected chi connectivity index (χ4v) is 1.22. The van der Waals surface area contributed by atoms with Gasteiger partial charge in [0.2, 0.25) is 0 Å². The first kappa shape index (κ1) is 12.4. The van der Waals surface area contributed by atoms with E-state index in [0.29, 0.717) is 5.75 Å². The van der Waals surface area contributed by atoms with Crippen LogP contribution in [0.15, 0.2) is 36.9 Å². The van der Waals surface area contributed by atoms with Crippen molar-refractivity contribution in [1.29, 1.82) is 0 Å². The van der Waals surface area contributed by atoms with Gasteiger partial charge in [0.25, 0.3) is 0 Å². The Balaban J connectivity index is 2.74. The topological polar surface area (TPSA) is 44.8 Å². The smallest absolute Gasteiger partial charge is 0.335 e. The summed E-state index contributed by atoms with van der Waals surface area (Å²) < 4.78 is 15.1. The van der Waals surface area contributed by atoms with Crippen LogP contribution in [0.1, 0.15) is 11.9 Å². The maximum atomic E-state index is 10.9. The minimum absolute atomic E-state index is 0.413. The second-order valence-corrected chi connectivity index (χ2v) is 3.00. The van der Waals surface area contributed by atoms with Crippen LogP contribution in [0.5, 0.6) is 5.75 Å². The number of ether oxygens (including phenoxy) is 3. The highest BCUT2D eigenvalue weighted by atomic mass is 16.7. The predicted octanol–water partition coefficient (Wildman–Crippen LogP) is 2.07. The van der Waals surface area contributed by atoms with Gasteiger partial charge in [0, 0.05) is 25.9 Å². The van der Waals surface area contributed by atoms with E-state index in [-0.39, 0.29) is 0 Å². The van der Waals surface area contributed by atoms with Crippen LogP contribution in [0, 0.1) is 0 Å². The van der Waals surface area contributed by atoms with Crippen molar-refractivity contribution in [1.82, 2.24) is 0 Å². The summed E-state index contributed by atoms with van der Waals surface area (Å²) in [6, 6.07) is 6.87. The van der Waals surface area contributed by atoms with Crippen LogP contribution in [0.3, 0.4) is 0 Å². The first-order valence-electron chi connectivity index (χ1n) is 4.71. The Labute approximate surface area is 94.4 Å². The second-order valence-electron chi connectivity index (χ2n) is 3.00. The molecule has 0 atom stereocenters. The Morgan fingerprint density at radius 2 is 1.81 bits per heavy atom. The van der Waals surface area contributed by atoms with Gasteiger partial charge in [0.15, 0.2) is 6.29 Å². The minimum Gasteiger partial charge on any atom is -0.423 e. The Kier molecular flexibility index (Phi) is 4.69. The molecule has 0 aliphatic rings. The summed E-state index contributed by atoms with van der Waals surface area (Å²) in [6.07, 6.45) is 0.699. The fraction of sp³-hybridized carbons (Fsp3) is 0.250. The van der Waals surface area contributed by atoms with E-state index >= 15 is 0 Å². The summed E-state index contributed by atoms with van der Waals surface area (Å²) in [7, 11) is 3.11. The van der Waals surface area contributed by atoms with Crippen molar-refractivity contribution < 1.29 is 19.0 Å². The van der Waals surface area contributed by atoms with Gasteiger partial charge in [0.1, 0.15) is 5.75 Å². The number of benzene rings is 1.